The molecule has 2 rings (SSSR count). The van der Waals surface area contributed by atoms with Gasteiger partial charge in [0.2, 0.25) is 7.59 Å². The Bertz CT molecular complexity index is 696. The van der Waals surface area contributed by atoms with E-state index in [-0.39, 0.29) is 16.8 Å². The van der Waals surface area contributed by atoms with E-state index >= 15 is 0 Å². The SMILES string of the molecule is Clc1ccc(Sc2nc(C(Cl)(Cl)Cl)nc(C(Cl)(Cl)Cl)n2)cc1Cl. The highest BCUT2D eigenvalue weighted by atomic mass is 35.6. The van der Waals surface area contributed by atoms with Crippen molar-refractivity contribution in [1.82, 2.24) is 15.0 Å². The first-order valence-electron chi connectivity index (χ1n) is 5.50. The fourth-order valence-electron chi connectivity index (χ4n) is 1.30. The van der Waals surface area contributed by atoms with Gasteiger partial charge in [0.15, 0.2) is 16.8 Å². The van der Waals surface area contributed by atoms with Crippen molar-refractivity contribution in [3.8, 4) is 0 Å². The summed E-state index contributed by atoms with van der Waals surface area (Å²) >= 11 is 47.8. The normalized spacial score (nSPS) is 12.5. The van der Waals surface area contributed by atoms with Crippen LogP contribution in [0.2, 0.25) is 10.0 Å². The summed E-state index contributed by atoms with van der Waals surface area (Å²) in [6.07, 6.45) is 0. The van der Waals surface area contributed by atoms with Crippen molar-refractivity contribution in [2.75, 3.05) is 0 Å². The Labute approximate surface area is 175 Å². The lowest BCUT2D eigenvalue weighted by molar-refractivity contribution is 0.768. The minimum absolute atomic E-state index is 0.165. The van der Waals surface area contributed by atoms with Gasteiger partial charge in [0.25, 0.3) is 0 Å². The highest BCUT2D eigenvalue weighted by Gasteiger charge is 2.34. The van der Waals surface area contributed by atoms with E-state index < -0.39 is 7.59 Å². The average Bonchev–Trinajstić information content (AvgIpc) is 2.41. The van der Waals surface area contributed by atoms with Crippen LogP contribution in [-0.4, -0.2) is 15.0 Å². The number of benzene rings is 1. The Balaban J connectivity index is 2.46. The Kier molecular flexibility index (Phi) is 6.72. The zero-order valence-electron chi connectivity index (χ0n) is 10.5. The summed E-state index contributed by atoms with van der Waals surface area (Å²) in [7, 11) is 0. The molecule has 1 heterocycles. The molecular weight excluding hydrogens is 490 g/mol. The second-order valence-corrected chi connectivity index (χ2v) is 10.4. The molecule has 2 aromatic rings. The predicted molar refractivity (Wildman–Crippen MR) is 98.9 cm³/mol. The summed E-state index contributed by atoms with van der Waals surface area (Å²) in [6, 6.07) is 4.97. The lowest BCUT2D eigenvalue weighted by Gasteiger charge is -2.15. The van der Waals surface area contributed by atoms with E-state index in [2.05, 4.69) is 15.0 Å². The fourth-order valence-corrected chi connectivity index (χ4v) is 2.96. The zero-order chi connectivity index (χ0) is 17.4. The molecule has 0 saturated heterocycles. The van der Waals surface area contributed by atoms with E-state index in [9.17, 15) is 0 Å². The number of alkyl halides is 6. The molecule has 0 amide bonds. The van der Waals surface area contributed by atoms with Gasteiger partial charge < -0.3 is 0 Å². The molecule has 0 saturated carbocycles. The van der Waals surface area contributed by atoms with Crippen molar-refractivity contribution < 1.29 is 0 Å². The second-order valence-electron chi connectivity index (χ2n) is 3.94. The molecule has 12 heteroatoms. The molecule has 23 heavy (non-hydrogen) atoms. The van der Waals surface area contributed by atoms with Crippen LogP contribution in [0.15, 0.2) is 28.3 Å². The van der Waals surface area contributed by atoms with E-state index in [1.54, 1.807) is 18.2 Å². The van der Waals surface area contributed by atoms with Crippen molar-refractivity contribution in [2.24, 2.45) is 0 Å². The number of hydrogen-bond donors (Lipinski definition) is 0. The maximum atomic E-state index is 5.96. The Morgan fingerprint density at radius 3 is 1.70 bits per heavy atom. The van der Waals surface area contributed by atoms with Crippen LogP contribution in [0.3, 0.4) is 0 Å². The van der Waals surface area contributed by atoms with Crippen LogP contribution in [0.4, 0.5) is 0 Å². The Morgan fingerprint density at radius 1 is 0.739 bits per heavy atom. The molecule has 1 aromatic heterocycles. The van der Waals surface area contributed by atoms with Crippen molar-refractivity contribution in [1.29, 1.82) is 0 Å². The number of rotatable bonds is 2. The van der Waals surface area contributed by atoms with Gasteiger partial charge in [-0.15, -0.1) is 0 Å². The third-order valence-corrected chi connectivity index (χ3v) is 4.83. The third-order valence-electron chi connectivity index (χ3n) is 2.22. The van der Waals surface area contributed by atoms with Crippen molar-refractivity contribution in [2.45, 2.75) is 17.6 Å². The van der Waals surface area contributed by atoms with Crippen molar-refractivity contribution >= 4 is 105 Å². The number of hydrogen-bond acceptors (Lipinski definition) is 4. The number of halogens is 8. The molecule has 124 valence electrons. The summed E-state index contributed by atoms with van der Waals surface area (Å²) in [5.74, 6) is -0.331. The van der Waals surface area contributed by atoms with Crippen LogP contribution < -0.4 is 0 Å². The lowest BCUT2D eigenvalue weighted by atomic mass is 10.4. The van der Waals surface area contributed by atoms with E-state index in [0.29, 0.717) is 14.9 Å². The summed E-state index contributed by atoms with van der Waals surface area (Å²) in [4.78, 5) is 12.7. The van der Waals surface area contributed by atoms with Gasteiger partial charge in [-0.1, -0.05) is 92.8 Å². The van der Waals surface area contributed by atoms with Gasteiger partial charge in [0.1, 0.15) is 0 Å². The van der Waals surface area contributed by atoms with E-state index in [1.165, 1.54) is 0 Å². The summed E-state index contributed by atoms with van der Waals surface area (Å²) in [5, 5.41) is 0.950. The maximum absolute atomic E-state index is 5.96. The van der Waals surface area contributed by atoms with Crippen LogP contribution in [0.25, 0.3) is 0 Å². The van der Waals surface area contributed by atoms with E-state index in [4.69, 9.17) is 92.8 Å². The topological polar surface area (TPSA) is 38.7 Å². The summed E-state index contributed by atoms with van der Waals surface area (Å²) in [6.45, 7) is 0. The van der Waals surface area contributed by atoms with Crippen LogP contribution in [0.5, 0.6) is 0 Å². The quantitative estimate of drug-likeness (QED) is 0.424. The van der Waals surface area contributed by atoms with Crippen LogP contribution >= 0.6 is 105 Å². The molecule has 0 aliphatic carbocycles. The average molecular weight is 493 g/mol. The molecule has 0 N–H and O–H groups in total. The first-order chi connectivity index (χ1) is 10.5. The van der Waals surface area contributed by atoms with Crippen molar-refractivity contribution in [3.05, 3.63) is 39.9 Å². The maximum Gasteiger partial charge on any atom is 0.250 e. The standard InChI is InChI=1S/C11H3Cl8N3S/c12-5-2-1-4(3-6(5)13)23-9-21-7(10(14,15)16)20-8(22-9)11(17,18)19/h1-3H. The fraction of sp³-hybridized carbons (Fsp3) is 0.182. The predicted octanol–water partition coefficient (Wildman–Crippen LogP) is 6.98. The molecule has 0 unspecified atom stereocenters. The monoisotopic (exact) mass is 489 g/mol. The smallest absolute Gasteiger partial charge is 0.209 e. The van der Waals surface area contributed by atoms with Gasteiger partial charge >= 0.3 is 0 Å². The highest BCUT2D eigenvalue weighted by molar-refractivity contribution is 7.99. The number of aromatic nitrogens is 3. The lowest BCUT2D eigenvalue weighted by Crippen LogP contribution is -2.16. The molecule has 0 aliphatic rings. The summed E-state index contributed by atoms with van der Waals surface area (Å²) < 4.78 is -3.80. The first-order valence-corrected chi connectivity index (χ1v) is 9.34. The van der Waals surface area contributed by atoms with Crippen LogP contribution in [0, 0.1) is 0 Å². The molecule has 0 fully saturated rings. The van der Waals surface area contributed by atoms with Gasteiger partial charge in [-0.3, -0.25) is 0 Å². The largest absolute Gasteiger partial charge is 0.250 e. The highest BCUT2D eigenvalue weighted by Crippen LogP contribution is 2.41. The van der Waals surface area contributed by atoms with Gasteiger partial charge in [0.05, 0.1) is 10.0 Å². The molecular formula is C11H3Cl8N3S. The van der Waals surface area contributed by atoms with Crippen molar-refractivity contribution in [3.63, 3.8) is 0 Å². The second kappa shape index (κ2) is 7.65. The van der Waals surface area contributed by atoms with Gasteiger partial charge in [0, 0.05) is 4.90 Å². The van der Waals surface area contributed by atoms with Crippen LogP contribution in [-0.2, 0) is 7.59 Å². The van der Waals surface area contributed by atoms with Gasteiger partial charge in [-0.2, -0.15) is 0 Å². The van der Waals surface area contributed by atoms with Crippen LogP contribution in [0.1, 0.15) is 11.6 Å². The molecule has 0 atom stereocenters. The molecule has 0 spiro atoms. The Hall–Kier alpha value is 0.900. The molecule has 1 aromatic carbocycles. The molecule has 3 nitrogen and oxygen atoms in total. The minimum atomic E-state index is -1.90. The van der Waals surface area contributed by atoms with E-state index in [0.717, 1.165) is 11.8 Å². The van der Waals surface area contributed by atoms with E-state index in [1.807, 2.05) is 0 Å². The number of nitrogens with zero attached hydrogens (tertiary/aromatic N) is 3. The third kappa shape index (κ3) is 5.70. The van der Waals surface area contributed by atoms with Gasteiger partial charge in [-0.05, 0) is 30.0 Å². The summed E-state index contributed by atoms with van der Waals surface area (Å²) in [5.41, 5.74) is 0. The molecule has 0 aliphatic heterocycles. The molecule has 0 radical (unpaired) electrons. The van der Waals surface area contributed by atoms with Gasteiger partial charge in [-0.25, -0.2) is 15.0 Å². The zero-order valence-corrected chi connectivity index (χ0v) is 17.4. The first kappa shape index (κ1) is 20.2. The Morgan fingerprint density at radius 2 is 1.26 bits per heavy atom. The minimum Gasteiger partial charge on any atom is -0.209 e. The molecule has 0 bridgehead atoms.